The number of likely N-dealkylation sites (tertiary alicyclic amines) is 1. The Morgan fingerprint density at radius 3 is 2.23 bits per heavy atom. The molecule has 5 fully saturated rings. The summed E-state index contributed by atoms with van der Waals surface area (Å²) in [4.78, 5) is 51.2. The van der Waals surface area contributed by atoms with E-state index in [4.69, 9.17) is 4.74 Å². The third-order valence-electron chi connectivity index (χ3n) is 7.44. The van der Waals surface area contributed by atoms with Gasteiger partial charge >= 0.3 is 12.0 Å². The fourth-order valence-electron chi connectivity index (χ4n) is 6.62. The van der Waals surface area contributed by atoms with Gasteiger partial charge in [-0.25, -0.2) is 9.59 Å². The number of esters is 1. The van der Waals surface area contributed by atoms with Crippen molar-refractivity contribution in [1.82, 2.24) is 15.5 Å². The summed E-state index contributed by atoms with van der Waals surface area (Å²) in [6, 6.07) is -1.53. The Balaban J connectivity index is 1.35. The molecule has 1 aliphatic heterocycles. The molecule has 1 saturated heterocycles. The fourth-order valence-corrected chi connectivity index (χ4v) is 6.62. The van der Waals surface area contributed by atoms with Gasteiger partial charge in [-0.1, -0.05) is 6.92 Å². The minimum absolute atomic E-state index is 0.0338. The number of nitrogens with one attached hydrogen (secondary N) is 2. The van der Waals surface area contributed by atoms with Crippen LogP contribution in [0, 0.1) is 23.2 Å². The Morgan fingerprint density at radius 1 is 1.03 bits per heavy atom. The molecule has 3 N–H and O–H groups in total. The first-order valence-electron chi connectivity index (χ1n) is 11.5. The van der Waals surface area contributed by atoms with Crippen LogP contribution in [0.15, 0.2) is 0 Å². The zero-order chi connectivity index (χ0) is 22.2. The molecule has 4 saturated carbocycles. The van der Waals surface area contributed by atoms with E-state index in [-0.39, 0.29) is 18.9 Å². The van der Waals surface area contributed by atoms with Crippen molar-refractivity contribution in [3.05, 3.63) is 0 Å². The van der Waals surface area contributed by atoms with E-state index in [1.54, 1.807) is 0 Å². The van der Waals surface area contributed by atoms with Crippen molar-refractivity contribution < 1.29 is 29.0 Å². The summed E-state index contributed by atoms with van der Waals surface area (Å²) >= 11 is 0. The number of carbonyl (C=O) groups excluding carboxylic acids is 4. The minimum Gasteiger partial charge on any atom is -0.454 e. The first kappa shape index (κ1) is 22.0. The minimum atomic E-state index is -0.891. The van der Waals surface area contributed by atoms with Crippen LogP contribution in [0.4, 0.5) is 4.79 Å². The number of rotatable bonds is 6. The highest BCUT2D eigenvalue weighted by Gasteiger charge is 2.57. The van der Waals surface area contributed by atoms with Crippen molar-refractivity contribution in [2.24, 2.45) is 23.2 Å². The molecule has 5 aliphatic rings. The summed E-state index contributed by atoms with van der Waals surface area (Å²) in [6.07, 6.45) is 6.31. The van der Waals surface area contributed by atoms with Gasteiger partial charge in [0.15, 0.2) is 6.61 Å². The molecular weight excluding hydrogens is 402 g/mol. The van der Waals surface area contributed by atoms with Gasteiger partial charge < -0.3 is 20.1 Å². The molecule has 0 spiro atoms. The topological polar surface area (TPSA) is 125 Å². The smallest absolute Gasteiger partial charge is 0.329 e. The van der Waals surface area contributed by atoms with Crippen LogP contribution in [0.25, 0.3) is 0 Å². The molecule has 172 valence electrons. The van der Waals surface area contributed by atoms with Crippen molar-refractivity contribution in [1.29, 1.82) is 0 Å². The van der Waals surface area contributed by atoms with Gasteiger partial charge in [-0.2, -0.15) is 0 Å². The largest absolute Gasteiger partial charge is 0.454 e. The van der Waals surface area contributed by atoms with Gasteiger partial charge in [-0.05, 0) is 62.7 Å². The lowest BCUT2D eigenvalue weighted by Gasteiger charge is -2.56. The molecule has 31 heavy (non-hydrogen) atoms. The predicted octanol–water partition coefficient (Wildman–Crippen LogP) is 0.944. The summed E-state index contributed by atoms with van der Waals surface area (Å²) < 4.78 is 5.10. The zero-order valence-electron chi connectivity index (χ0n) is 18.1. The molecule has 4 aliphatic carbocycles. The first-order valence-corrected chi connectivity index (χ1v) is 11.5. The second-order valence-electron chi connectivity index (χ2n) is 9.97. The predicted molar refractivity (Wildman–Crippen MR) is 110 cm³/mol. The number of ether oxygens (including phenoxy) is 1. The van der Waals surface area contributed by atoms with Gasteiger partial charge in [0, 0.05) is 19.5 Å². The van der Waals surface area contributed by atoms with Crippen molar-refractivity contribution in [2.75, 3.05) is 19.7 Å². The fraction of sp³-hybridized carbons (Fsp3) is 0.818. The van der Waals surface area contributed by atoms with Gasteiger partial charge in [0.25, 0.3) is 5.91 Å². The van der Waals surface area contributed by atoms with Gasteiger partial charge in [0.1, 0.15) is 6.04 Å². The van der Waals surface area contributed by atoms with E-state index < -0.39 is 42.1 Å². The number of carbonyl (C=O) groups is 4. The molecule has 0 aromatic rings. The molecule has 5 rings (SSSR count). The average Bonchev–Trinajstić information content (AvgIpc) is 3.10. The van der Waals surface area contributed by atoms with Crippen molar-refractivity contribution in [3.63, 3.8) is 0 Å². The molecule has 4 amide bonds. The van der Waals surface area contributed by atoms with E-state index in [0.29, 0.717) is 24.3 Å². The SMILES string of the molecule is CCCNC(=O)NC(=O)COC(=O)[C@@H]1CC(O)CN1C(=O)C12CC3CC(CC(C3)C1)C2. The van der Waals surface area contributed by atoms with Gasteiger partial charge in [-0.3, -0.25) is 14.9 Å². The van der Waals surface area contributed by atoms with Crippen molar-refractivity contribution >= 4 is 23.8 Å². The molecular formula is C22H33N3O6. The highest BCUT2D eigenvalue weighted by Crippen LogP contribution is 2.60. The molecule has 0 radical (unpaired) electrons. The lowest BCUT2D eigenvalue weighted by atomic mass is 9.49. The Kier molecular flexibility index (Phi) is 6.23. The van der Waals surface area contributed by atoms with Crippen LogP contribution in [-0.4, -0.2) is 65.7 Å². The van der Waals surface area contributed by atoms with Crippen LogP contribution < -0.4 is 10.6 Å². The quantitative estimate of drug-likeness (QED) is 0.534. The van der Waals surface area contributed by atoms with E-state index in [1.807, 2.05) is 6.92 Å². The van der Waals surface area contributed by atoms with Crippen LogP contribution >= 0.6 is 0 Å². The number of β-amino-alcohol motifs (C(OH)–C–C–N with tert-alkyl or cyclic N) is 1. The van der Waals surface area contributed by atoms with E-state index in [1.165, 1.54) is 24.2 Å². The molecule has 1 unspecified atom stereocenters. The molecule has 0 aromatic heterocycles. The number of urea groups is 1. The number of aliphatic hydroxyl groups excluding tert-OH is 1. The van der Waals surface area contributed by atoms with E-state index >= 15 is 0 Å². The summed E-state index contributed by atoms with van der Waals surface area (Å²) in [7, 11) is 0. The maximum atomic E-state index is 13.6. The zero-order valence-corrected chi connectivity index (χ0v) is 18.1. The number of hydrogen-bond donors (Lipinski definition) is 3. The number of hydrogen-bond acceptors (Lipinski definition) is 6. The van der Waals surface area contributed by atoms with Gasteiger partial charge in [-0.15, -0.1) is 0 Å². The second-order valence-corrected chi connectivity index (χ2v) is 9.97. The first-order chi connectivity index (χ1) is 14.8. The van der Waals surface area contributed by atoms with E-state index in [9.17, 15) is 24.3 Å². The monoisotopic (exact) mass is 435 g/mol. The Bertz CT molecular complexity index is 718. The summed E-state index contributed by atoms with van der Waals surface area (Å²) in [5.74, 6) is 0.300. The second kappa shape index (κ2) is 8.76. The number of aliphatic hydroxyl groups is 1. The van der Waals surface area contributed by atoms with E-state index in [2.05, 4.69) is 10.6 Å². The molecule has 2 atom stereocenters. The summed E-state index contributed by atoms with van der Waals surface area (Å²) in [6.45, 7) is 1.83. The average molecular weight is 436 g/mol. The Morgan fingerprint density at radius 2 is 1.65 bits per heavy atom. The van der Waals surface area contributed by atoms with E-state index in [0.717, 1.165) is 25.7 Å². The maximum absolute atomic E-state index is 13.6. The maximum Gasteiger partial charge on any atom is 0.329 e. The molecule has 9 nitrogen and oxygen atoms in total. The number of imide groups is 1. The molecule has 0 aromatic carbocycles. The number of amides is 4. The standard InChI is InChI=1S/C22H33N3O6/c1-2-3-23-21(30)24-18(27)12-31-19(28)17-7-16(26)11-25(17)20(29)22-8-13-4-14(9-22)6-15(5-13)10-22/h13-17,26H,2-12H2,1H3,(H2,23,24,27,30)/t13?,14?,15?,16?,17-,22?/m0/s1. The van der Waals surface area contributed by atoms with Gasteiger partial charge in [0.05, 0.1) is 11.5 Å². The number of nitrogens with zero attached hydrogens (tertiary/aromatic N) is 1. The third kappa shape index (κ3) is 4.56. The van der Waals surface area contributed by atoms with Gasteiger partial charge in [0.2, 0.25) is 5.91 Å². The van der Waals surface area contributed by atoms with Crippen LogP contribution in [0.3, 0.4) is 0 Å². The molecule has 1 heterocycles. The van der Waals surface area contributed by atoms with Crippen LogP contribution in [-0.2, 0) is 19.1 Å². The van der Waals surface area contributed by atoms with Crippen LogP contribution in [0.2, 0.25) is 0 Å². The molecule has 4 bridgehead atoms. The van der Waals surface area contributed by atoms with Crippen LogP contribution in [0.1, 0.15) is 58.3 Å². The lowest BCUT2D eigenvalue weighted by molar-refractivity contribution is -0.166. The van der Waals surface area contributed by atoms with Crippen molar-refractivity contribution in [3.8, 4) is 0 Å². The lowest BCUT2D eigenvalue weighted by Crippen LogP contribution is -2.56. The molecule has 9 heteroatoms. The third-order valence-corrected chi connectivity index (χ3v) is 7.44. The summed E-state index contributed by atoms with van der Waals surface area (Å²) in [5, 5.41) is 14.8. The van der Waals surface area contributed by atoms with Crippen LogP contribution in [0.5, 0.6) is 0 Å². The highest BCUT2D eigenvalue weighted by atomic mass is 16.5. The highest BCUT2D eigenvalue weighted by molar-refractivity contribution is 5.96. The Hall–Kier alpha value is -2.16. The Labute approximate surface area is 182 Å². The normalized spacial score (nSPS) is 35.7. The summed E-state index contributed by atoms with van der Waals surface area (Å²) in [5.41, 5.74) is -0.411. The van der Waals surface area contributed by atoms with Crippen molar-refractivity contribution in [2.45, 2.75) is 70.4 Å².